The summed E-state index contributed by atoms with van der Waals surface area (Å²) in [7, 11) is 1.39. The molecule has 6 heteroatoms. The number of hydrazone groups is 1. The van der Waals surface area contributed by atoms with Crippen LogP contribution in [0.2, 0.25) is 0 Å². The summed E-state index contributed by atoms with van der Waals surface area (Å²) in [6.45, 7) is 10.9. The van der Waals surface area contributed by atoms with Gasteiger partial charge in [0.2, 0.25) is 0 Å². The van der Waals surface area contributed by atoms with Crippen molar-refractivity contribution in [2.75, 3.05) is 13.7 Å². The highest BCUT2D eigenvalue weighted by atomic mass is 79.9. The number of hydrogen-bond donors (Lipinski definition) is 0. The molecule has 1 aromatic rings. The molecule has 0 aliphatic carbocycles. The Labute approximate surface area is 159 Å². The van der Waals surface area contributed by atoms with E-state index in [9.17, 15) is 4.79 Å². The van der Waals surface area contributed by atoms with Crippen molar-refractivity contribution in [3.63, 3.8) is 0 Å². The average molecular weight is 413 g/mol. The molecule has 0 saturated carbocycles. The molecule has 0 saturated heterocycles. The molecular weight excluding hydrogens is 384 g/mol. The third-order valence-electron chi connectivity index (χ3n) is 3.82. The summed E-state index contributed by atoms with van der Waals surface area (Å²) in [6.07, 6.45) is 0.239. The summed E-state index contributed by atoms with van der Waals surface area (Å²) in [5, 5.41) is 6.81. The first-order chi connectivity index (χ1) is 11.7. The Morgan fingerprint density at radius 3 is 2.52 bits per heavy atom. The Morgan fingerprint density at radius 1 is 1.28 bits per heavy atom. The molecule has 1 rings (SSSR count). The standard InChI is InChI=1S/C19H29BrN2O3/c1-13(2)22(16(5)15(4)20)21-14(3)12-25-18-9-7-8-17(10-18)11-19(23)24-6/h7-10,13,15-16H,11-12H2,1-6H3/b21-14+/t15-,16?/m1/s1. The minimum Gasteiger partial charge on any atom is -0.488 e. The molecule has 0 heterocycles. The number of methoxy groups -OCH3 is 1. The highest BCUT2D eigenvalue weighted by Crippen LogP contribution is 2.17. The van der Waals surface area contributed by atoms with Crippen molar-refractivity contribution in [1.29, 1.82) is 0 Å². The van der Waals surface area contributed by atoms with E-state index in [0.717, 1.165) is 11.3 Å². The van der Waals surface area contributed by atoms with E-state index < -0.39 is 0 Å². The van der Waals surface area contributed by atoms with E-state index in [1.165, 1.54) is 7.11 Å². The fourth-order valence-electron chi connectivity index (χ4n) is 2.29. The molecule has 0 N–H and O–H groups in total. The van der Waals surface area contributed by atoms with Gasteiger partial charge in [-0.05, 0) is 45.4 Å². The van der Waals surface area contributed by atoms with Crippen LogP contribution in [0.3, 0.4) is 0 Å². The van der Waals surface area contributed by atoms with E-state index in [2.05, 4.69) is 48.6 Å². The minimum absolute atomic E-state index is 0.239. The van der Waals surface area contributed by atoms with Gasteiger partial charge < -0.3 is 9.47 Å². The molecule has 0 aliphatic rings. The molecule has 0 spiro atoms. The zero-order chi connectivity index (χ0) is 19.0. The Kier molecular flexibility index (Phi) is 8.97. The van der Waals surface area contributed by atoms with E-state index in [0.29, 0.717) is 23.2 Å². The Balaban J connectivity index is 2.72. The number of hydrogen-bond acceptors (Lipinski definition) is 5. The van der Waals surface area contributed by atoms with Gasteiger partial charge in [0, 0.05) is 10.9 Å². The maximum absolute atomic E-state index is 11.4. The molecule has 25 heavy (non-hydrogen) atoms. The van der Waals surface area contributed by atoms with E-state index >= 15 is 0 Å². The predicted octanol–water partition coefficient (Wildman–Crippen LogP) is 4.04. The van der Waals surface area contributed by atoms with Gasteiger partial charge in [-0.25, -0.2) is 0 Å². The molecule has 1 unspecified atom stereocenters. The van der Waals surface area contributed by atoms with Crippen LogP contribution in [0.15, 0.2) is 29.4 Å². The molecule has 0 fully saturated rings. The molecular formula is C19H29BrN2O3. The molecule has 0 radical (unpaired) electrons. The van der Waals surface area contributed by atoms with Crippen molar-refractivity contribution in [2.24, 2.45) is 5.10 Å². The smallest absolute Gasteiger partial charge is 0.309 e. The van der Waals surface area contributed by atoms with E-state index in [1.54, 1.807) is 0 Å². The van der Waals surface area contributed by atoms with Gasteiger partial charge in [-0.1, -0.05) is 35.0 Å². The first kappa shape index (κ1) is 21.5. The van der Waals surface area contributed by atoms with E-state index in [1.807, 2.05) is 31.2 Å². The lowest BCUT2D eigenvalue weighted by molar-refractivity contribution is -0.139. The number of ether oxygens (including phenoxy) is 2. The second kappa shape index (κ2) is 10.4. The zero-order valence-electron chi connectivity index (χ0n) is 16.0. The third kappa shape index (κ3) is 7.46. The lowest BCUT2D eigenvalue weighted by Crippen LogP contribution is -2.39. The third-order valence-corrected chi connectivity index (χ3v) is 4.58. The minimum atomic E-state index is -0.264. The Bertz CT molecular complexity index is 588. The number of carbonyl (C=O) groups is 1. The van der Waals surface area contributed by atoms with Crippen LogP contribution >= 0.6 is 15.9 Å². The maximum atomic E-state index is 11.4. The summed E-state index contributed by atoms with van der Waals surface area (Å²) in [6, 6.07) is 8.05. The van der Waals surface area contributed by atoms with Crippen molar-refractivity contribution in [1.82, 2.24) is 5.01 Å². The molecule has 0 amide bonds. The van der Waals surface area contributed by atoms with Crippen LogP contribution in [-0.4, -0.2) is 47.3 Å². The second-order valence-corrected chi connectivity index (χ2v) is 7.86. The van der Waals surface area contributed by atoms with Crippen molar-refractivity contribution in [2.45, 2.75) is 58.0 Å². The summed E-state index contributed by atoms with van der Waals surface area (Å²) < 4.78 is 10.5. The largest absolute Gasteiger partial charge is 0.488 e. The highest BCUT2D eigenvalue weighted by molar-refractivity contribution is 9.09. The maximum Gasteiger partial charge on any atom is 0.309 e. The average Bonchev–Trinajstić information content (AvgIpc) is 2.57. The summed E-state index contributed by atoms with van der Waals surface area (Å²) in [5.41, 5.74) is 1.76. The van der Waals surface area contributed by atoms with Gasteiger partial charge in [0.05, 0.1) is 25.3 Å². The van der Waals surface area contributed by atoms with Crippen LogP contribution in [0.1, 0.15) is 40.2 Å². The van der Waals surface area contributed by atoms with E-state index in [-0.39, 0.29) is 18.4 Å². The zero-order valence-corrected chi connectivity index (χ0v) is 17.5. The van der Waals surface area contributed by atoms with Crippen LogP contribution in [0.5, 0.6) is 5.75 Å². The van der Waals surface area contributed by atoms with Crippen LogP contribution in [0.4, 0.5) is 0 Å². The molecule has 0 aromatic heterocycles. The summed E-state index contributed by atoms with van der Waals surface area (Å²) in [5.74, 6) is 0.453. The first-order valence-corrected chi connectivity index (χ1v) is 9.41. The van der Waals surface area contributed by atoms with Gasteiger partial charge in [-0.2, -0.15) is 5.10 Å². The highest BCUT2D eigenvalue weighted by Gasteiger charge is 2.19. The number of alkyl halides is 1. The quantitative estimate of drug-likeness (QED) is 0.265. The molecule has 140 valence electrons. The van der Waals surface area contributed by atoms with Gasteiger partial charge >= 0.3 is 5.97 Å². The SMILES string of the molecule is COC(=O)Cc1cccc(OC/C(C)=N/N(C(C)C)C(C)[C@@H](C)Br)c1. The fourth-order valence-corrected chi connectivity index (χ4v) is 2.53. The lowest BCUT2D eigenvalue weighted by atomic mass is 10.1. The van der Waals surface area contributed by atoms with Gasteiger partial charge in [-0.15, -0.1) is 0 Å². The summed E-state index contributed by atoms with van der Waals surface area (Å²) in [4.78, 5) is 11.7. The predicted molar refractivity (Wildman–Crippen MR) is 106 cm³/mol. The van der Waals surface area contributed by atoms with E-state index in [4.69, 9.17) is 14.6 Å². The van der Waals surface area contributed by atoms with Crippen LogP contribution in [-0.2, 0) is 16.0 Å². The molecule has 2 atom stereocenters. The molecule has 0 bridgehead atoms. The van der Waals surface area contributed by atoms with Crippen molar-refractivity contribution in [3.05, 3.63) is 29.8 Å². The Morgan fingerprint density at radius 2 is 1.96 bits per heavy atom. The number of carbonyl (C=O) groups excluding carboxylic acids is 1. The molecule has 1 aromatic carbocycles. The number of esters is 1. The number of halogens is 1. The van der Waals surface area contributed by atoms with Crippen molar-refractivity contribution < 1.29 is 14.3 Å². The Hall–Kier alpha value is -1.56. The monoisotopic (exact) mass is 412 g/mol. The molecule has 0 aliphatic heterocycles. The first-order valence-electron chi connectivity index (χ1n) is 8.49. The van der Waals surface area contributed by atoms with Crippen LogP contribution in [0.25, 0.3) is 0 Å². The van der Waals surface area contributed by atoms with Gasteiger partial charge in [0.15, 0.2) is 0 Å². The van der Waals surface area contributed by atoms with Gasteiger partial charge in [0.25, 0.3) is 0 Å². The van der Waals surface area contributed by atoms with Gasteiger partial charge in [0.1, 0.15) is 12.4 Å². The van der Waals surface area contributed by atoms with Crippen molar-refractivity contribution >= 4 is 27.6 Å². The summed E-state index contributed by atoms with van der Waals surface area (Å²) >= 11 is 3.63. The van der Waals surface area contributed by atoms with Crippen LogP contribution < -0.4 is 4.74 Å². The topological polar surface area (TPSA) is 51.1 Å². The normalized spacial score (nSPS) is 14.2. The second-order valence-electron chi connectivity index (χ2n) is 6.42. The fraction of sp³-hybridized carbons (Fsp3) is 0.579. The molecule has 5 nitrogen and oxygen atoms in total. The number of benzene rings is 1. The van der Waals surface area contributed by atoms with Crippen molar-refractivity contribution in [3.8, 4) is 5.75 Å². The number of nitrogens with zero attached hydrogens (tertiary/aromatic N) is 2. The number of rotatable bonds is 9. The lowest BCUT2D eigenvalue weighted by Gasteiger charge is -2.32. The van der Waals surface area contributed by atoms with Gasteiger partial charge in [-0.3, -0.25) is 9.80 Å². The van der Waals surface area contributed by atoms with Crippen LogP contribution in [0, 0.1) is 0 Å².